The Kier molecular flexibility index (Phi) is 6.41. The molecule has 15 heavy (non-hydrogen) atoms. The molecule has 0 aromatic heterocycles. The molecule has 0 saturated carbocycles. The van der Waals surface area contributed by atoms with Crippen molar-refractivity contribution in [1.29, 1.82) is 0 Å². The van der Waals surface area contributed by atoms with E-state index in [-0.39, 0.29) is 11.9 Å². The van der Waals surface area contributed by atoms with E-state index < -0.39 is 0 Å². The van der Waals surface area contributed by atoms with E-state index in [1.165, 1.54) is 38.5 Å². The summed E-state index contributed by atoms with van der Waals surface area (Å²) in [6, 6.07) is 0.148. The highest BCUT2D eigenvalue weighted by molar-refractivity contribution is 5.75. The molecule has 3 heteroatoms. The second kappa shape index (κ2) is 7.69. The molecular formula is C12H24N2O. The maximum absolute atomic E-state index is 11.4. The Morgan fingerprint density at radius 2 is 1.60 bits per heavy atom. The van der Waals surface area contributed by atoms with Gasteiger partial charge in [0.05, 0.1) is 0 Å². The van der Waals surface area contributed by atoms with Crippen LogP contribution in [0.4, 0.5) is 0 Å². The lowest BCUT2D eigenvalue weighted by atomic mass is 10.1. The minimum atomic E-state index is 0.148. The topological polar surface area (TPSA) is 55.1 Å². The van der Waals surface area contributed by atoms with Crippen LogP contribution in [0.25, 0.3) is 0 Å². The summed E-state index contributed by atoms with van der Waals surface area (Å²) in [5.74, 6) is 0.171. The number of amides is 1. The second-order valence-electron chi connectivity index (χ2n) is 4.58. The Bertz CT molecular complexity index is 182. The normalized spacial score (nSPS) is 27.0. The molecule has 1 atom stereocenters. The van der Waals surface area contributed by atoms with Crippen LogP contribution in [0.5, 0.6) is 0 Å². The molecule has 1 unspecified atom stereocenters. The van der Waals surface area contributed by atoms with Gasteiger partial charge in [-0.15, -0.1) is 0 Å². The zero-order valence-electron chi connectivity index (χ0n) is 9.63. The van der Waals surface area contributed by atoms with E-state index in [9.17, 15) is 4.79 Å². The monoisotopic (exact) mass is 212 g/mol. The van der Waals surface area contributed by atoms with Crippen molar-refractivity contribution in [2.24, 2.45) is 5.73 Å². The van der Waals surface area contributed by atoms with Crippen LogP contribution >= 0.6 is 0 Å². The summed E-state index contributed by atoms with van der Waals surface area (Å²) >= 11 is 0. The van der Waals surface area contributed by atoms with Crippen molar-refractivity contribution in [1.82, 2.24) is 5.32 Å². The third-order valence-electron chi connectivity index (χ3n) is 3.04. The number of rotatable bonds is 0. The average molecular weight is 212 g/mol. The minimum absolute atomic E-state index is 0.148. The molecule has 1 aliphatic heterocycles. The lowest BCUT2D eigenvalue weighted by molar-refractivity contribution is -0.121. The highest BCUT2D eigenvalue weighted by Gasteiger charge is 2.06. The Hall–Kier alpha value is -0.570. The summed E-state index contributed by atoms with van der Waals surface area (Å²) < 4.78 is 0. The summed E-state index contributed by atoms with van der Waals surface area (Å²) in [4.78, 5) is 11.4. The first kappa shape index (κ1) is 12.5. The van der Waals surface area contributed by atoms with Gasteiger partial charge in [-0.1, -0.05) is 38.5 Å². The number of nitrogens with two attached hydrogens (primary N) is 1. The van der Waals surface area contributed by atoms with Gasteiger partial charge < -0.3 is 11.1 Å². The van der Waals surface area contributed by atoms with Crippen molar-refractivity contribution in [3.8, 4) is 0 Å². The first-order chi connectivity index (χ1) is 7.29. The average Bonchev–Trinajstić information content (AvgIpc) is 2.24. The number of hydrogen-bond donors (Lipinski definition) is 2. The van der Waals surface area contributed by atoms with Gasteiger partial charge in [0.1, 0.15) is 0 Å². The lowest BCUT2D eigenvalue weighted by Crippen LogP contribution is -2.37. The quantitative estimate of drug-likeness (QED) is 0.645. The van der Waals surface area contributed by atoms with Crippen LogP contribution in [0.1, 0.15) is 57.8 Å². The number of carbonyl (C=O) groups is 1. The van der Waals surface area contributed by atoms with E-state index in [0.717, 1.165) is 12.8 Å². The summed E-state index contributed by atoms with van der Waals surface area (Å²) in [6.45, 7) is 0.652. The molecule has 0 spiro atoms. The molecule has 0 aliphatic carbocycles. The third kappa shape index (κ3) is 6.50. The summed E-state index contributed by atoms with van der Waals surface area (Å²) in [5.41, 5.74) is 5.90. The molecule has 1 amide bonds. The van der Waals surface area contributed by atoms with Crippen LogP contribution < -0.4 is 11.1 Å². The molecule has 1 heterocycles. The molecule has 1 rings (SSSR count). The van der Waals surface area contributed by atoms with Gasteiger partial charge in [0.2, 0.25) is 5.91 Å². The first-order valence-corrected chi connectivity index (χ1v) is 6.31. The van der Waals surface area contributed by atoms with E-state index >= 15 is 0 Å². The van der Waals surface area contributed by atoms with Gasteiger partial charge in [-0.25, -0.2) is 0 Å². The van der Waals surface area contributed by atoms with Gasteiger partial charge in [-0.05, 0) is 12.8 Å². The summed E-state index contributed by atoms with van der Waals surface area (Å²) in [5, 5.41) is 2.91. The predicted molar refractivity (Wildman–Crippen MR) is 62.5 cm³/mol. The molecule has 1 aliphatic rings. The second-order valence-corrected chi connectivity index (χ2v) is 4.58. The molecule has 0 radical (unpaired) electrons. The van der Waals surface area contributed by atoms with E-state index in [0.29, 0.717) is 13.0 Å². The van der Waals surface area contributed by atoms with Crippen LogP contribution in [0.3, 0.4) is 0 Å². The molecule has 3 nitrogen and oxygen atoms in total. The highest BCUT2D eigenvalue weighted by atomic mass is 16.1. The van der Waals surface area contributed by atoms with Crippen LogP contribution in [0, 0.1) is 0 Å². The van der Waals surface area contributed by atoms with Crippen molar-refractivity contribution in [2.45, 2.75) is 63.8 Å². The molecule has 88 valence electrons. The maximum atomic E-state index is 11.4. The van der Waals surface area contributed by atoms with Crippen LogP contribution in [-0.4, -0.2) is 18.5 Å². The molecule has 0 bridgehead atoms. The number of hydrogen-bond acceptors (Lipinski definition) is 2. The van der Waals surface area contributed by atoms with Crippen molar-refractivity contribution in [2.75, 3.05) is 6.54 Å². The predicted octanol–water partition coefficient (Wildman–Crippen LogP) is 1.95. The van der Waals surface area contributed by atoms with E-state index in [1.807, 2.05) is 0 Å². The van der Waals surface area contributed by atoms with Gasteiger partial charge in [-0.3, -0.25) is 4.79 Å². The van der Waals surface area contributed by atoms with Gasteiger partial charge in [-0.2, -0.15) is 0 Å². The molecule has 3 N–H and O–H groups in total. The fourth-order valence-electron chi connectivity index (χ4n) is 2.01. The van der Waals surface area contributed by atoms with Gasteiger partial charge in [0, 0.05) is 19.0 Å². The fourth-order valence-corrected chi connectivity index (χ4v) is 2.01. The van der Waals surface area contributed by atoms with Crippen LogP contribution in [-0.2, 0) is 4.79 Å². The first-order valence-electron chi connectivity index (χ1n) is 6.31. The zero-order chi connectivity index (χ0) is 10.9. The maximum Gasteiger partial charge on any atom is 0.220 e. The summed E-state index contributed by atoms with van der Waals surface area (Å²) in [7, 11) is 0. The van der Waals surface area contributed by atoms with E-state index in [1.54, 1.807) is 0 Å². The molecule has 0 aromatic carbocycles. The summed E-state index contributed by atoms with van der Waals surface area (Å²) in [6.07, 6.45) is 10.4. The SMILES string of the molecule is NC1CCCCCCCCCC(=O)NC1. The molecule has 1 fully saturated rings. The van der Waals surface area contributed by atoms with Crippen LogP contribution in [0.2, 0.25) is 0 Å². The Morgan fingerprint density at radius 1 is 1.00 bits per heavy atom. The number of carbonyl (C=O) groups excluding carboxylic acids is 1. The Balaban J connectivity index is 2.25. The van der Waals surface area contributed by atoms with Gasteiger partial charge in [0.25, 0.3) is 0 Å². The van der Waals surface area contributed by atoms with Crippen molar-refractivity contribution in [3.63, 3.8) is 0 Å². The molecule has 1 saturated heterocycles. The largest absolute Gasteiger partial charge is 0.355 e. The van der Waals surface area contributed by atoms with E-state index in [2.05, 4.69) is 5.32 Å². The lowest BCUT2D eigenvalue weighted by Gasteiger charge is -2.12. The standard InChI is InChI=1S/C12H24N2O/c13-11-8-6-4-2-1-3-5-7-9-12(15)14-10-11/h11H,1-10,13H2,(H,14,15). The van der Waals surface area contributed by atoms with Gasteiger partial charge in [0.15, 0.2) is 0 Å². The number of nitrogens with one attached hydrogen (secondary N) is 1. The van der Waals surface area contributed by atoms with Crippen LogP contribution in [0.15, 0.2) is 0 Å². The van der Waals surface area contributed by atoms with E-state index in [4.69, 9.17) is 5.73 Å². The fraction of sp³-hybridized carbons (Fsp3) is 0.917. The highest BCUT2D eigenvalue weighted by Crippen LogP contribution is 2.11. The van der Waals surface area contributed by atoms with Gasteiger partial charge >= 0.3 is 0 Å². The Morgan fingerprint density at radius 3 is 2.33 bits per heavy atom. The minimum Gasteiger partial charge on any atom is -0.355 e. The van der Waals surface area contributed by atoms with Crippen molar-refractivity contribution in [3.05, 3.63) is 0 Å². The zero-order valence-corrected chi connectivity index (χ0v) is 9.63. The Labute approximate surface area is 92.8 Å². The third-order valence-corrected chi connectivity index (χ3v) is 3.04. The molecular weight excluding hydrogens is 188 g/mol. The van der Waals surface area contributed by atoms with Crippen molar-refractivity contribution >= 4 is 5.91 Å². The smallest absolute Gasteiger partial charge is 0.220 e. The molecule has 0 aromatic rings. The van der Waals surface area contributed by atoms with Crippen molar-refractivity contribution < 1.29 is 4.79 Å².